The van der Waals surface area contributed by atoms with Gasteiger partial charge in [-0.1, -0.05) is 36.4 Å². The molecular weight excluding hydrogens is 342 g/mol. The lowest BCUT2D eigenvalue weighted by molar-refractivity contribution is -0.158. The maximum absolute atomic E-state index is 12.6. The third kappa shape index (κ3) is 3.10. The van der Waals surface area contributed by atoms with Gasteiger partial charge in [0.1, 0.15) is 11.8 Å². The average molecular weight is 358 g/mol. The van der Waals surface area contributed by atoms with Crippen LogP contribution in [0.3, 0.4) is 0 Å². The molecule has 1 saturated heterocycles. The molecule has 2 aromatic carbocycles. The molecular formula is C19H16ClNO4. The first-order chi connectivity index (χ1) is 12.1. The zero-order chi connectivity index (χ0) is 18.0. The second-order valence-corrected chi connectivity index (χ2v) is 5.84. The van der Waals surface area contributed by atoms with Crippen LogP contribution in [0, 0.1) is 0 Å². The molecule has 1 heterocycles. The van der Waals surface area contributed by atoms with E-state index in [1.54, 1.807) is 48.4 Å². The van der Waals surface area contributed by atoms with Crippen molar-refractivity contribution < 1.29 is 19.1 Å². The molecule has 128 valence electrons. The van der Waals surface area contributed by atoms with E-state index in [1.807, 2.05) is 12.1 Å². The molecule has 1 aliphatic rings. The molecule has 0 bridgehead atoms. The summed E-state index contributed by atoms with van der Waals surface area (Å²) in [5.41, 5.74) is 1.38. The van der Waals surface area contributed by atoms with Crippen molar-refractivity contribution in [2.24, 2.45) is 0 Å². The van der Waals surface area contributed by atoms with Gasteiger partial charge in [-0.15, -0.1) is 0 Å². The average Bonchev–Trinajstić information content (AvgIpc) is 2.64. The quantitative estimate of drug-likeness (QED) is 0.466. The van der Waals surface area contributed by atoms with Crippen molar-refractivity contribution in [2.75, 3.05) is 12.0 Å². The van der Waals surface area contributed by atoms with Crippen LogP contribution in [-0.2, 0) is 14.3 Å². The third-order valence-corrected chi connectivity index (χ3v) is 4.37. The highest BCUT2D eigenvalue weighted by Gasteiger charge is 2.52. The lowest BCUT2D eigenvalue weighted by Crippen LogP contribution is -2.60. The Hall–Kier alpha value is -2.79. The predicted octanol–water partition coefficient (Wildman–Crippen LogP) is 3.53. The number of esters is 1. The molecule has 0 aromatic heterocycles. The van der Waals surface area contributed by atoms with Gasteiger partial charge < -0.3 is 9.47 Å². The Balaban J connectivity index is 1.98. The number of rotatable bonds is 5. The molecule has 5 nitrogen and oxygen atoms in total. The fourth-order valence-corrected chi connectivity index (χ4v) is 3.05. The Morgan fingerprint density at radius 1 is 1.20 bits per heavy atom. The number of nitrogens with zero attached hydrogens (tertiary/aromatic N) is 1. The highest BCUT2D eigenvalue weighted by Crippen LogP contribution is 2.43. The van der Waals surface area contributed by atoms with E-state index in [2.05, 4.69) is 6.58 Å². The van der Waals surface area contributed by atoms with Gasteiger partial charge in [0.05, 0.1) is 7.11 Å². The molecule has 2 atom stereocenters. The molecule has 3 rings (SSSR count). The van der Waals surface area contributed by atoms with Gasteiger partial charge in [-0.05, 0) is 35.9 Å². The van der Waals surface area contributed by atoms with Crippen LogP contribution in [0.15, 0.2) is 61.2 Å². The van der Waals surface area contributed by atoms with Gasteiger partial charge in [-0.25, -0.2) is 4.79 Å². The van der Waals surface area contributed by atoms with Crippen molar-refractivity contribution in [3.8, 4) is 5.75 Å². The number of carbonyl (C=O) groups is 2. The standard InChI is InChI=1S/C19H16ClNO4/c1-3-16(22)25-18-17(14-6-4-5-7-15(14)20)21(19(18)23)12-8-10-13(24-2)11-9-12/h3-11,17-18H,1H2,2H3/t17-,18+/m0/s1. The number of β-lactam (4-membered cyclic amide) rings is 1. The molecule has 0 aliphatic carbocycles. The summed E-state index contributed by atoms with van der Waals surface area (Å²) in [6, 6.07) is 13.7. The van der Waals surface area contributed by atoms with E-state index in [0.29, 0.717) is 22.0 Å². The lowest BCUT2D eigenvalue weighted by atomic mass is 9.89. The van der Waals surface area contributed by atoms with Crippen LogP contribution in [-0.4, -0.2) is 25.1 Å². The molecule has 2 aromatic rings. The largest absolute Gasteiger partial charge is 0.497 e. The first-order valence-electron chi connectivity index (χ1n) is 7.61. The first kappa shape index (κ1) is 17.0. The van der Waals surface area contributed by atoms with Gasteiger partial charge in [-0.3, -0.25) is 9.69 Å². The third-order valence-electron chi connectivity index (χ3n) is 4.03. The topological polar surface area (TPSA) is 55.8 Å². The summed E-state index contributed by atoms with van der Waals surface area (Å²) in [5, 5.41) is 0.498. The minimum absolute atomic E-state index is 0.315. The molecule has 0 radical (unpaired) electrons. The van der Waals surface area contributed by atoms with Crippen molar-refractivity contribution in [1.29, 1.82) is 0 Å². The smallest absolute Gasteiger partial charge is 0.331 e. The van der Waals surface area contributed by atoms with E-state index in [9.17, 15) is 9.59 Å². The highest BCUT2D eigenvalue weighted by atomic mass is 35.5. The van der Waals surface area contributed by atoms with Crippen LogP contribution in [0.2, 0.25) is 5.02 Å². The molecule has 0 unspecified atom stereocenters. The number of methoxy groups -OCH3 is 1. The lowest BCUT2D eigenvalue weighted by Gasteiger charge is -2.46. The number of ether oxygens (including phenoxy) is 2. The van der Waals surface area contributed by atoms with Gasteiger partial charge in [0, 0.05) is 16.8 Å². The van der Waals surface area contributed by atoms with Crippen LogP contribution in [0.5, 0.6) is 5.75 Å². The van der Waals surface area contributed by atoms with E-state index >= 15 is 0 Å². The molecule has 1 fully saturated rings. The van der Waals surface area contributed by atoms with Gasteiger partial charge in [-0.2, -0.15) is 0 Å². The second-order valence-electron chi connectivity index (χ2n) is 5.43. The number of anilines is 1. The highest BCUT2D eigenvalue weighted by molar-refractivity contribution is 6.31. The summed E-state index contributed by atoms with van der Waals surface area (Å²) >= 11 is 6.30. The van der Waals surface area contributed by atoms with E-state index in [0.717, 1.165) is 6.08 Å². The zero-order valence-corrected chi connectivity index (χ0v) is 14.3. The van der Waals surface area contributed by atoms with Crippen LogP contribution >= 0.6 is 11.6 Å². The van der Waals surface area contributed by atoms with Crippen molar-refractivity contribution in [3.63, 3.8) is 0 Å². The molecule has 0 saturated carbocycles. The summed E-state index contributed by atoms with van der Waals surface area (Å²) in [5.74, 6) is -0.282. The number of benzene rings is 2. The first-order valence-corrected chi connectivity index (χ1v) is 7.99. The fourth-order valence-electron chi connectivity index (χ4n) is 2.80. The van der Waals surface area contributed by atoms with E-state index in [4.69, 9.17) is 21.1 Å². The summed E-state index contributed by atoms with van der Waals surface area (Å²) in [6.45, 7) is 3.37. The Kier molecular flexibility index (Phi) is 4.76. The summed E-state index contributed by atoms with van der Waals surface area (Å²) in [7, 11) is 1.57. The Labute approximate surface area is 150 Å². The van der Waals surface area contributed by atoms with Crippen LogP contribution in [0.1, 0.15) is 11.6 Å². The molecule has 25 heavy (non-hydrogen) atoms. The van der Waals surface area contributed by atoms with Gasteiger partial charge in [0.25, 0.3) is 5.91 Å². The summed E-state index contributed by atoms with van der Waals surface area (Å²) in [4.78, 5) is 25.7. The van der Waals surface area contributed by atoms with Crippen LogP contribution < -0.4 is 9.64 Å². The monoisotopic (exact) mass is 357 g/mol. The SMILES string of the molecule is C=CC(=O)O[C@H]1C(=O)N(c2ccc(OC)cc2)[C@H]1c1ccccc1Cl. The van der Waals surface area contributed by atoms with E-state index in [1.165, 1.54) is 0 Å². The Morgan fingerprint density at radius 2 is 1.88 bits per heavy atom. The maximum atomic E-state index is 12.6. The van der Waals surface area contributed by atoms with Crippen molar-refractivity contribution >= 4 is 29.2 Å². The van der Waals surface area contributed by atoms with Gasteiger partial charge in [0.15, 0.2) is 0 Å². The normalized spacial score (nSPS) is 19.1. The number of hydrogen-bond donors (Lipinski definition) is 0. The zero-order valence-electron chi connectivity index (χ0n) is 13.5. The second kappa shape index (κ2) is 6.99. The minimum atomic E-state index is -0.937. The van der Waals surface area contributed by atoms with Crippen molar-refractivity contribution in [1.82, 2.24) is 0 Å². The number of halogens is 1. The summed E-state index contributed by atoms with van der Waals surface area (Å²) < 4.78 is 10.4. The Morgan fingerprint density at radius 3 is 2.48 bits per heavy atom. The molecule has 0 spiro atoms. The number of amides is 1. The van der Waals surface area contributed by atoms with Crippen molar-refractivity contribution in [3.05, 3.63) is 71.8 Å². The fraction of sp³-hybridized carbons (Fsp3) is 0.158. The van der Waals surface area contributed by atoms with E-state index in [-0.39, 0.29) is 5.91 Å². The molecule has 0 N–H and O–H groups in total. The van der Waals surface area contributed by atoms with Gasteiger partial charge in [0.2, 0.25) is 6.10 Å². The van der Waals surface area contributed by atoms with Crippen molar-refractivity contribution in [2.45, 2.75) is 12.1 Å². The molecule has 1 amide bonds. The number of carbonyl (C=O) groups excluding carboxylic acids is 2. The molecule has 1 aliphatic heterocycles. The summed E-state index contributed by atoms with van der Waals surface area (Å²) in [6.07, 6.45) is 0.0972. The minimum Gasteiger partial charge on any atom is -0.497 e. The predicted molar refractivity (Wildman–Crippen MR) is 94.8 cm³/mol. The Bertz CT molecular complexity index is 818. The van der Waals surface area contributed by atoms with Crippen LogP contribution in [0.4, 0.5) is 5.69 Å². The maximum Gasteiger partial charge on any atom is 0.331 e. The van der Waals surface area contributed by atoms with Crippen LogP contribution in [0.25, 0.3) is 0 Å². The number of hydrogen-bond acceptors (Lipinski definition) is 4. The molecule has 6 heteroatoms. The van der Waals surface area contributed by atoms with E-state index < -0.39 is 18.1 Å². The van der Waals surface area contributed by atoms with Gasteiger partial charge >= 0.3 is 5.97 Å².